The molecular formula is C21H23FN4O. The first-order valence-electron chi connectivity index (χ1n) is 8.91. The van der Waals surface area contributed by atoms with E-state index in [4.69, 9.17) is 4.74 Å². The molecule has 0 saturated heterocycles. The zero-order valence-electron chi connectivity index (χ0n) is 15.3. The second-order valence-corrected chi connectivity index (χ2v) is 6.10. The van der Waals surface area contributed by atoms with E-state index in [2.05, 4.69) is 26.7 Å². The Hall–Kier alpha value is -3.15. The third-order valence-corrected chi connectivity index (χ3v) is 4.12. The topological polar surface area (TPSA) is 59.1 Å². The van der Waals surface area contributed by atoms with Crippen LogP contribution in [0.4, 0.5) is 16.2 Å². The summed E-state index contributed by atoms with van der Waals surface area (Å²) >= 11 is 0. The van der Waals surface area contributed by atoms with Gasteiger partial charge in [0.05, 0.1) is 7.11 Å². The fourth-order valence-corrected chi connectivity index (χ4v) is 2.67. The van der Waals surface area contributed by atoms with Gasteiger partial charge in [0.2, 0.25) is 5.95 Å². The van der Waals surface area contributed by atoms with E-state index >= 15 is 0 Å². The fourth-order valence-electron chi connectivity index (χ4n) is 2.67. The average molecular weight is 366 g/mol. The summed E-state index contributed by atoms with van der Waals surface area (Å²) in [5, 5.41) is 6.51. The van der Waals surface area contributed by atoms with Crippen LogP contribution in [0.3, 0.4) is 0 Å². The zero-order chi connectivity index (χ0) is 18.9. The highest BCUT2D eigenvalue weighted by Gasteiger charge is 2.01. The molecule has 2 N–H and O–H groups in total. The van der Waals surface area contributed by atoms with Gasteiger partial charge in [-0.1, -0.05) is 24.3 Å². The molecule has 0 radical (unpaired) electrons. The smallest absolute Gasteiger partial charge is 0.224 e. The van der Waals surface area contributed by atoms with Gasteiger partial charge in [0.15, 0.2) is 0 Å². The highest BCUT2D eigenvalue weighted by atomic mass is 19.1. The van der Waals surface area contributed by atoms with Crippen LogP contribution >= 0.6 is 0 Å². The second-order valence-electron chi connectivity index (χ2n) is 6.10. The van der Waals surface area contributed by atoms with Crippen LogP contribution in [0.25, 0.3) is 0 Å². The van der Waals surface area contributed by atoms with Crippen LogP contribution in [0, 0.1) is 5.82 Å². The van der Waals surface area contributed by atoms with Crippen LogP contribution in [0.5, 0.6) is 5.75 Å². The third kappa shape index (κ3) is 5.95. The summed E-state index contributed by atoms with van der Waals surface area (Å²) in [7, 11) is 1.67. The molecule has 5 nitrogen and oxygen atoms in total. The molecule has 2 aromatic carbocycles. The summed E-state index contributed by atoms with van der Waals surface area (Å²) in [4.78, 5) is 8.72. The number of benzene rings is 2. The summed E-state index contributed by atoms with van der Waals surface area (Å²) in [6.07, 6.45) is 3.37. The molecule has 0 atom stereocenters. The molecule has 0 unspecified atom stereocenters. The minimum absolute atomic E-state index is 0.216. The molecule has 6 heteroatoms. The van der Waals surface area contributed by atoms with Crippen molar-refractivity contribution in [2.75, 3.05) is 30.8 Å². The molecule has 3 rings (SSSR count). The lowest BCUT2D eigenvalue weighted by atomic mass is 10.1. The van der Waals surface area contributed by atoms with Gasteiger partial charge in [-0.25, -0.2) is 9.37 Å². The largest absolute Gasteiger partial charge is 0.497 e. The quantitative estimate of drug-likeness (QED) is 0.601. The Morgan fingerprint density at radius 1 is 0.926 bits per heavy atom. The number of aromatic nitrogens is 2. The molecule has 0 spiro atoms. The van der Waals surface area contributed by atoms with Crippen molar-refractivity contribution in [1.29, 1.82) is 0 Å². The highest BCUT2D eigenvalue weighted by Crippen LogP contribution is 2.13. The maximum absolute atomic E-state index is 12.9. The Morgan fingerprint density at radius 3 is 2.52 bits per heavy atom. The van der Waals surface area contributed by atoms with Crippen molar-refractivity contribution in [3.8, 4) is 5.75 Å². The zero-order valence-corrected chi connectivity index (χ0v) is 15.3. The number of ether oxygens (including phenoxy) is 1. The number of nitrogens with zero attached hydrogens (tertiary/aromatic N) is 2. The van der Waals surface area contributed by atoms with Gasteiger partial charge in [0.25, 0.3) is 0 Å². The van der Waals surface area contributed by atoms with Gasteiger partial charge in [-0.05, 0) is 54.3 Å². The van der Waals surface area contributed by atoms with Crippen molar-refractivity contribution >= 4 is 11.8 Å². The summed E-state index contributed by atoms with van der Waals surface area (Å²) in [6, 6.07) is 16.4. The van der Waals surface area contributed by atoms with Crippen molar-refractivity contribution in [3.63, 3.8) is 0 Å². The minimum Gasteiger partial charge on any atom is -0.497 e. The fraction of sp³-hybridized carbons (Fsp3) is 0.238. The average Bonchev–Trinajstić information content (AvgIpc) is 2.70. The molecule has 0 aliphatic rings. The lowest BCUT2D eigenvalue weighted by Crippen LogP contribution is -2.11. The first kappa shape index (κ1) is 18.6. The number of hydrogen-bond donors (Lipinski definition) is 2. The Morgan fingerprint density at radius 2 is 1.70 bits per heavy atom. The van der Waals surface area contributed by atoms with Gasteiger partial charge >= 0.3 is 0 Å². The lowest BCUT2D eigenvalue weighted by molar-refractivity contribution is 0.414. The molecule has 0 saturated carbocycles. The van der Waals surface area contributed by atoms with Gasteiger partial charge < -0.3 is 15.4 Å². The van der Waals surface area contributed by atoms with Crippen molar-refractivity contribution < 1.29 is 9.13 Å². The van der Waals surface area contributed by atoms with Crippen molar-refractivity contribution in [3.05, 3.63) is 77.7 Å². The molecule has 0 fully saturated rings. The lowest BCUT2D eigenvalue weighted by Gasteiger charge is -2.09. The molecule has 140 valence electrons. The van der Waals surface area contributed by atoms with E-state index in [1.807, 2.05) is 24.3 Å². The summed E-state index contributed by atoms with van der Waals surface area (Å²) in [6.45, 7) is 1.44. The first-order valence-corrected chi connectivity index (χ1v) is 8.91. The Bertz CT molecular complexity index is 855. The number of anilines is 2. The summed E-state index contributed by atoms with van der Waals surface area (Å²) < 4.78 is 18.2. The number of methoxy groups -OCH3 is 1. The Kier molecular flexibility index (Phi) is 6.57. The number of rotatable bonds is 9. The van der Waals surface area contributed by atoms with Gasteiger partial charge in [0.1, 0.15) is 17.4 Å². The van der Waals surface area contributed by atoms with E-state index in [0.717, 1.165) is 36.5 Å². The maximum atomic E-state index is 12.9. The normalized spacial score (nSPS) is 10.4. The van der Waals surface area contributed by atoms with E-state index in [0.29, 0.717) is 12.5 Å². The summed E-state index contributed by atoms with van der Waals surface area (Å²) in [5.74, 6) is 1.99. The van der Waals surface area contributed by atoms with Gasteiger partial charge in [-0.2, -0.15) is 4.98 Å². The predicted octanol–water partition coefficient (Wildman–Crippen LogP) is 3.93. The van der Waals surface area contributed by atoms with Crippen LogP contribution in [0.2, 0.25) is 0 Å². The van der Waals surface area contributed by atoms with Crippen molar-refractivity contribution in [2.24, 2.45) is 0 Å². The first-order chi connectivity index (χ1) is 13.2. The minimum atomic E-state index is -0.216. The van der Waals surface area contributed by atoms with Gasteiger partial charge in [0, 0.05) is 19.3 Å². The van der Waals surface area contributed by atoms with Gasteiger partial charge in [-0.15, -0.1) is 0 Å². The van der Waals surface area contributed by atoms with E-state index in [1.54, 1.807) is 25.4 Å². The van der Waals surface area contributed by atoms with Crippen LogP contribution in [0.15, 0.2) is 60.8 Å². The van der Waals surface area contributed by atoms with Crippen LogP contribution in [-0.4, -0.2) is 30.2 Å². The highest BCUT2D eigenvalue weighted by molar-refractivity contribution is 5.40. The molecule has 27 heavy (non-hydrogen) atoms. The van der Waals surface area contributed by atoms with Crippen LogP contribution in [0.1, 0.15) is 11.1 Å². The van der Waals surface area contributed by atoms with Crippen molar-refractivity contribution in [2.45, 2.75) is 12.8 Å². The molecule has 0 bridgehead atoms. The van der Waals surface area contributed by atoms with Crippen LogP contribution in [-0.2, 0) is 12.8 Å². The SMILES string of the molecule is COc1cccc(CCNc2nccc(NCCc3ccc(F)cc3)n2)c1. The molecule has 0 aliphatic carbocycles. The van der Waals surface area contributed by atoms with Gasteiger partial charge in [-0.3, -0.25) is 0 Å². The van der Waals surface area contributed by atoms with Crippen molar-refractivity contribution in [1.82, 2.24) is 9.97 Å². The molecule has 1 aromatic heterocycles. The number of nitrogens with one attached hydrogen (secondary N) is 2. The maximum Gasteiger partial charge on any atom is 0.224 e. The molecule has 0 amide bonds. The predicted molar refractivity (Wildman–Crippen MR) is 106 cm³/mol. The van der Waals surface area contributed by atoms with E-state index in [9.17, 15) is 4.39 Å². The molecule has 3 aromatic rings. The monoisotopic (exact) mass is 366 g/mol. The Labute approximate surface area is 158 Å². The van der Waals surface area contributed by atoms with Crippen LogP contribution < -0.4 is 15.4 Å². The number of hydrogen-bond acceptors (Lipinski definition) is 5. The third-order valence-electron chi connectivity index (χ3n) is 4.12. The second kappa shape index (κ2) is 9.52. The number of halogens is 1. The summed E-state index contributed by atoms with van der Waals surface area (Å²) in [5.41, 5.74) is 2.27. The van der Waals surface area contributed by atoms with E-state index in [-0.39, 0.29) is 5.82 Å². The molecule has 1 heterocycles. The molecule has 0 aliphatic heterocycles. The Balaban J connectivity index is 1.46. The van der Waals surface area contributed by atoms with E-state index < -0.39 is 0 Å². The standard InChI is InChI=1S/C21H23FN4O/c1-27-19-4-2-3-17(15-19)10-13-24-21-25-14-11-20(26-21)23-12-9-16-5-7-18(22)8-6-16/h2-8,11,14-15H,9-10,12-13H2,1H3,(H2,23,24,25,26). The van der Waals surface area contributed by atoms with E-state index in [1.165, 1.54) is 17.7 Å². The molecular weight excluding hydrogens is 343 g/mol.